The summed E-state index contributed by atoms with van der Waals surface area (Å²) in [6, 6.07) is 10.5. The lowest BCUT2D eigenvalue weighted by Gasteiger charge is -2.22. The number of ether oxygens (including phenoxy) is 1. The van der Waals surface area contributed by atoms with Gasteiger partial charge in [-0.2, -0.15) is 0 Å². The van der Waals surface area contributed by atoms with Gasteiger partial charge in [-0.1, -0.05) is 12.1 Å². The zero-order valence-corrected chi connectivity index (χ0v) is 16.7. The van der Waals surface area contributed by atoms with Gasteiger partial charge < -0.3 is 9.84 Å². The Kier molecular flexibility index (Phi) is 4.43. The van der Waals surface area contributed by atoms with E-state index in [1.165, 1.54) is 6.07 Å². The predicted octanol–water partition coefficient (Wildman–Crippen LogP) is 4.88. The molecule has 0 fully saturated rings. The fourth-order valence-electron chi connectivity index (χ4n) is 4.50. The number of fused-ring (bicyclic) bond motifs is 1. The number of pyridine rings is 1. The van der Waals surface area contributed by atoms with Gasteiger partial charge in [0.15, 0.2) is 0 Å². The monoisotopic (exact) mass is 415 g/mol. The van der Waals surface area contributed by atoms with Crippen molar-refractivity contribution in [3.05, 3.63) is 70.7 Å². The predicted molar refractivity (Wildman–Crippen MR) is 115 cm³/mol. The molecule has 31 heavy (non-hydrogen) atoms. The highest BCUT2D eigenvalue weighted by Gasteiger charge is 2.24. The maximum Gasteiger partial charge on any atom is 0.307 e. The Bertz CT molecular complexity index is 1400. The van der Waals surface area contributed by atoms with Crippen LogP contribution in [0, 0.1) is 12.7 Å². The minimum Gasteiger partial charge on any atom is -0.493 e. The summed E-state index contributed by atoms with van der Waals surface area (Å²) in [6.07, 6.45) is 2.82. The smallest absolute Gasteiger partial charge is 0.307 e. The molecule has 0 spiro atoms. The Morgan fingerprint density at radius 3 is 2.84 bits per heavy atom. The Morgan fingerprint density at radius 1 is 1.23 bits per heavy atom. The van der Waals surface area contributed by atoms with Crippen LogP contribution in [0.1, 0.15) is 27.0 Å². The first-order chi connectivity index (χ1) is 15.0. The van der Waals surface area contributed by atoms with E-state index < -0.39 is 11.8 Å². The number of nitrogens with zero attached hydrogens (tertiary/aromatic N) is 1. The summed E-state index contributed by atoms with van der Waals surface area (Å²) in [5, 5.41) is 11.3. The van der Waals surface area contributed by atoms with Crippen molar-refractivity contribution in [3.63, 3.8) is 0 Å². The Hall–Kier alpha value is -3.80. The van der Waals surface area contributed by atoms with Crippen LogP contribution in [-0.4, -0.2) is 29.0 Å². The number of aliphatic carboxylic acids is 1. The van der Waals surface area contributed by atoms with Crippen LogP contribution < -0.4 is 4.74 Å². The molecule has 2 heterocycles. The molecule has 1 aliphatic rings. The number of benzene rings is 3. The summed E-state index contributed by atoms with van der Waals surface area (Å²) in [5.41, 5.74) is 4.14. The third-order valence-corrected chi connectivity index (χ3v) is 5.94. The first-order valence-corrected chi connectivity index (χ1v) is 9.95. The maximum absolute atomic E-state index is 15.3. The summed E-state index contributed by atoms with van der Waals surface area (Å²) >= 11 is 0. The fourth-order valence-corrected chi connectivity index (χ4v) is 4.50. The van der Waals surface area contributed by atoms with Gasteiger partial charge in [0.25, 0.3) is 0 Å². The molecule has 0 saturated heterocycles. The van der Waals surface area contributed by atoms with Crippen LogP contribution in [0.3, 0.4) is 0 Å². The number of hydrogen-bond donors (Lipinski definition) is 1. The maximum atomic E-state index is 15.3. The molecule has 5 rings (SSSR count). The summed E-state index contributed by atoms with van der Waals surface area (Å²) in [7, 11) is 0. The van der Waals surface area contributed by atoms with Crippen LogP contribution in [-0.2, 0) is 17.6 Å². The van der Waals surface area contributed by atoms with Gasteiger partial charge in [-0.25, -0.2) is 4.39 Å². The minimum atomic E-state index is -1.05. The van der Waals surface area contributed by atoms with E-state index in [1.807, 2.05) is 18.2 Å². The van der Waals surface area contributed by atoms with E-state index in [2.05, 4.69) is 4.98 Å². The van der Waals surface area contributed by atoms with Gasteiger partial charge in [0.1, 0.15) is 17.9 Å². The Balaban J connectivity index is 1.95. The number of hydrogen-bond acceptors (Lipinski definition) is 4. The number of carbonyl (C=O) groups is 2. The topological polar surface area (TPSA) is 76.5 Å². The van der Waals surface area contributed by atoms with E-state index >= 15 is 4.39 Å². The number of rotatable bonds is 4. The molecule has 0 aliphatic carbocycles. The normalized spacial score (nSPS) is 12.7. The second-order valence-electron chi connectivity index (χ2n) is 7.69. The van der Waals surface area contributed by atoms with E-state index in [0.29, 0.717) is 46.0 Å². The summed E-state index contributed by atoms with van der Waals surface area (Å²) in [4.78, 5) is 27.6. The average molecular weight is 415 g/mol. The fraction of sp³-hybridized carbons (Fsp3) is 0.160. The van der Waals surface area contributed by atoms with Crippen LogP contribution in [0.2, 0.25) is 0 Å². The Labute approximate surface area is 177 Å². The second-order valence-corrected chi connectivity index (χ2v) is 7.69. The minimum absolute atomic E-state index is 0.254. The van der Waals surface area contributed by atoms with Crippen molar-refractivity contribution in [2.24, 2.45) is 0 Å². The molecule has 4 aromatic rings. The largest absolute Gasteiger partial charge is 0.493 e. The highest BCUT2D eigenvalue weighted by Crippen LogP contribution is 2.43. The molecule has 0 bridgehead atoms. The van der Waals surface area contributed by atoms with Crippen molar-refractivity contribution in [1.82, 2.24) is 4.98 Å². The molecule has 0 radical (unpaired) electrons. The van der Waals surface area contributed by atoms with Crippen molar-refractivity contribution in [1.29, 1.82) is 0 Å². The zero-order chi connectivity index (χ0) is 21.7. The molecule has 5 nitrogen and oxygen atoms in total. The first-order valence-electron chi connectivity index (χ1n) is 9.95. The van der Waals surface area contributed by atoms with Gasteiger partial charge in [0.2, 0.25) is 0 Å². The van der Waals surface area contributed by atoms with Gasteiger partial charge in [-0.05, 0) is 58.8 Å². The number of halogens is 1. The van der Waals surface area contributed by atoms with Crippen molar-refractivity contribution in [3.8, 4) is 16.9 Å². The van der Waals surface area contributed by atoms with Gasteiger partial charge in [0.05, 0.1) is 18.5 Å². The molecular weight excluding hydrogens is 397 g/mol. The van der Waals surface area contributed by atoms with E-state index in [9.17, 15) is 14.7 Å². The molecule has 1 aliphatic heterocycles. The van der Waals surface area contributed by atoms with Crippen molar-refractivity contribution < 1.29 is 23.8 Å². The number of aromatic nitrogens is 1. The standard InChI is InChI=1S/C25H18FNO4/c1-13-18(11-21(29)30)23(16-3-2-14(12-28)10-19(16)24(13)26)17-4-5-20-22-15(7-9-31-20)6-8-27-25(17)22/h2-6,8,10,12H,7,9,11H2,1H3,(H,29,30). The van der Waals surface area contributed by atoms with Gasteiger partial charge in [-0.15, -0.1) is 0 Å². The Morgan fingerprint density at radius 2 is 2.06 bits per heavy atom. The molecule has 0 unspecified atom stereocenters. The van der Waals surface area contributed by atoms with E-state index in [0.717, 1.165) is 23.1 Å². The van der Waals surface area contributed by atoms with Crippen molar-refractivity contribution >= 4 is 33.9 Å². The quantitative estimate of drug-likeness (QED) is 0.481. The lowest BCUT2D eigenvalue weighted by atomic mass is 9.86. The summed E-state index contributed by atoms with van der Waals surface area (Å²) < 4.78 is 21.1. The number of carboxylic acids is 1. The molecule has 6 heteroatoms. The lowest BCUT2D eigenvalue weighted by molar-refractivity contribution is -0.136. The third-order valence-electron chi connectivity index (χ3n) is 5.94. The van der Waals surface area contributed by atoms with E-state index in [1.54, 1.807) is 25.3 Å². The third kappa shape index (κ3) is 2.94. The average Bonchev–Trinajstić information content (AvgIpc) is 2.78. The lowest BCUT2D eigenvalue weighted by Crippen LogP contribution is -2.10. The SMILES string of the molecule is Cc1c(CC(=O)O)c(-c2ccc3c4c(ccnc24)CCO3)c2ccc(C=O)cc2c1F. The number of aldehydes is 1. The van der Waals surface area contributed by atoms with Gasteiger partial charge >= 0.3 is 5.97 Å². The van der Waals surface area contributed by atoms with Crippen LogP contribution in [0.4, 0.5) is 4.39 Å². The number of carboxylic acid groups (broad SMARTS) is 1. The second kappa shape index (κ2) is 7.16. The van der Waals surface area contributed by atoms with Gasteiger partial charge in [-0.3, -0.25) is 14.6 Å². The molecule has 0 amide bonds. The molecule has 154 valence electrons. The van der Waals surface area contributed by atoms with Crippen LogP contribution >= 0.6 is 0 Å². The molecular formula is C25H18FNO4. The molecule has 1 N–H and O–H groups in total. The van der Waals surface area contributed by atoms with Crippen LogP contribution in [0.15, 0.2) is 42.6 Å². The highest BCUT2D eigenvalue weighted by atomic mass is 19.1. The van der Waals surface area contributed by atoms with E-state index in [-0.39, 0.29) is 17.4 Å². The zero-order valence-electron chi connectivity index (χ0n) is 16.7. The van der Waals surface area contributed by atoms with E-state index in [4.69, 9.17) is 4.74 Å². The van der Waals surface area contributed by atoms with Crippen molar-refractivity contribution in [2.75, 3.05) is 6.61 Å². The molecule has 0 saturated carbocycles. The molecule has 1 aromatic heterocycles. The highest BCUT2D eigenvalue weighted by molar-refractivity contribution is 6.09. The molecule has 3 aromatic carbocycles. The summed E-state index contributed by atoms with van der Waals surface area (Å²) in [6.45, 7) is 2.16. The molecule has 0 atom stereocenters. The first kappa shape index (κ1) is 19.2. The van der Waals surface area contributed by atoms with Gasteiger partial charge in [0, 0.05) is 34.5 Å². The van der Waals surface area contributed by atoms with Crippen molar-refractivity contribution in [2.45, 2.75) is 19.8 Å². The summed E-state index contributed by atoms with van der Waals surface area (Å²) in [5.74, 6) is -0.830. The van der Waals surface area contributed by atoms with Crippen LogP contribution in [0.5, 0.6) is 5.75 Å². The van der Waals surface area contributed by atoms with Crippen LogP contribution in [0.25, 0.3) is 32.8 Å². The number of carbonyl (C=O) groups excluding carboxylic acids is 1.